The molecule has 4 rings (SSSR count). The second-order valence-corrected chi connectivity index (χ2v) is 11.5. The number of esters is 1. The Kier molecular flexibility index (Phi) is 9.56. The number of anilines is 1. The van der Waals surface area contributed by atoms with Crippen molar-refractivity contribution in [3.05, 3.63) is 83.4 Å². The molecule has 3 aromatic carbocycles. The summed E-state index contributed by atoms with van der Waals surface area (Å²) in [5, 5.41) is 0. The molecule has 0 bridgehead atoms. The molecule has 1 aliphatic heterocycles. The van der Waals surface area contributed by atoms with Crippen LogP contribution < -0.4 is 9.64 Å². The molecule has 11 heteroatoms. The lowest BCUT2D eigenvalue weighted by Gasteiger charge is -2.30. The fourth-order valence-corrected chi connectivity index (χ4v) is 4.93. The van der Waals surface area contributed by atoms with Crippen LogP contribution in [0.1, 0.15) is 43.9 Å². The van der Waals surface area contributed by atoms with Crippen LogP contribution in [0.3, 0.4) is 0 Å². The Labute approximate surface area is 254 Å². The predicted octanol–water partition coefficient (Wildman–Crippen LogP) is 6.64. The summed E-state index contributed by atoms with van der Waals surface area (Å²) in [6, 6.07) is 16.4. The molecule has 2 amide bonds. The number of methoxy groups -OCH3 is 1. The number of carbonyl (C=O) groups is 3. The summed E-state index contributed by atoms with van der Waals surface area (Å²) in [5.41, 5.74) is 0.817. The minimum absolute atomic E-state index is 0.0859. The molecule has 1 aliphatic rings. The molecule has 0 aliphatic carbocycles. The molecule has 0 spiro atoms. The molecule has 0 radical (unpaired) electrons. The summed E-state index contributed by atoms with van der Waals surface area (Å²) in [7, 11) is 2.55. The molecule has 3 aromatic rings. The third-order valence-electron chi connectivity index (χ3n) is 7.12. The van der Waals surface area contributed by atoms with Gasteiger partial charge in [-0.2, -0.15) is 13.2 Å². The van der Waals surface area contributed by atoms with Crippen LogP contribution >= 0.6 is 0 Å². The molecule has 0 N–H and O–H groups in total. The van der Waals surface area contributed by atoms with E-state index in [1.807, 2.05) is 0 Å². The van der Waals surface area contributed by atoms with Gasteiger partial charge in [-0.1, -0.05) is 42.5 Å². The molecule has 8 nitrogen and oxygen atoms in total. The second kappa shape index (κ2) is 13.0. The van der Waals surface area contributed by atoms with Gasteiger partial charge in [0.2, 0.25) is 5.91 Å². The third-order valence-corrected chi connectivity index (χ3v) is 7.12. The highest BCUT2D eigenvalue weighted by molar-refractivity contribution is 5.98. The molecule has 0 aromatic heterocycles. The predicted molar refractivity (Wildman–Crippen MR) is 158 cm³/mol. The number of benzene rings is 3. The standard InChI is InChI=1S/C33H35F3N2O6/c1-32(2,3)44-31(41)37(4)28(30(40)42-5)19-29(39)38-16-15-23-18-24(12-14-27(23)38)43-20-21-11-13-25(22-9-7-6-8-10-22)26(17-21)33(34,35)36/h6-14,17-18,28H,15-16,19-20H2,1-5H3/t28-/m1/s1. The van der Waals surface area contributed by atoms with Gasteiger partial charge in [0.05, 0.1) is 19.1 Å². The lowest BCUT2D eigenvalue weighted by atomic mass is 9.97. The second-order valence-electron chi connectivity index (χ2n) is 11.5. The van der Waals surface area contributed by atoms with Crippen molar-refractivity contribution >= 4 is 23.7 Å². The van der Waals surface area contributed by atoms with Crippen LogP contribution in [0, 0.1) is 0 Å². The molecule has 0 unspecified atom stereocenters. The first-order valence-corrected chi connectivity index (χ1v) is 14.0. The number of hydrogen-bond donors (Lipinski definition) is 0. The van der Waals surface area contributed by atoms with E-state index in [4.69, 9.17) is 14.2 Å². The van der Waals surface area contributed by atoms with E-state index in [1.54, 1.807) is 75.4 Å². The van der Waals surface area contributed by atoms with Gasteiger partial charge in [-0.25, -0.2) is 9.59 Å². The average Bonchev–Trinajstić information content (AvgIpc) is 3.40. The topological polar surface area (TPSA) is 85.4 Å². The highest BCUT2D eigenvalue weighted by Crippen LogP contribution is 2.38. The molecule has 0 saturated carbocycles. The Morgan fingerprint density at radius 1 is 0.977 bits per heavy atom. The Hall–Kier alpha value is -4.54. The van der Waals surface area contributed by atoms with Gasteiger partial charge < -0.3 is 19.1 Å². The largest absolute Gasteiger partial charge is 0.489 e. The van der Waals surface area contributed by atoms with E-state index in [-0.39, 0.29) is 24.5 Å². The van der Waals surface area contributed by atoms with Crippen molar-refractivity contribution in [3.8, 4) is 16.9 Å². The van der Waals surface area contributed by atoms with Crippen LogP contribution in [0.4, 0.5) is 23.7 Å². The molecule has 234 valence electrons. The summed E-state index contributed by atoms with van der Waals surface area (Å²) >= 11 is 0. The van der Waals surface area contributed by atoms with Gasteiger partial charge in [0.15, 0.2) is 0 Å². The molecule has 1 atom stereocenters. The van der Waals surface area contributed by atoms with E-state index in [0.29, 0.717) is 35.5 Å². The Morgan fingerprint density at radius 3 is 2.32 bits per heavy atom. The zero-order valence-electron chi connectivity index (χ0n) is 25.2. The van der Waals surface area contributed by atoms with Gasteiger partial charge in [0.25, 0.3) is 0 Å². The fraction of sp³-hybridized carbons (Fsp3) is 0.364. The van der Waals surface area contributed by atoms with Crippen molar-refractivity contribution in [2.75, 3.05) is 25.6 Å². The first-order chi connectivity index (χ1) is 20.7. The number of ether oxygens (including phenoxy) is 3. The molecule has 0 fully saturated rings. The maximum Gasteiger partial charge on any atom is 0.417 e. The summed E-state index contributed by atoms with van der Waals surface area (Å²) in [6.07, 6.45) is -5.12. The smallest absolute Gasteiger partial charge is 0.417 e. The minimum Gasteiger partial charge on any atom is -0.489 e. The number of amides is 2. The maximum absolute atomic E-state index is 13.9. The number of likely N-dealkylation sites (N-methyl/N-ethyl adjacent to an activating group) is 1. The zero-order valence-corrected chi connectivity index (χ0v) is 25.2. The number of hydrogen-bond acceptors (Lipinski definition) is 6. The summed E-state index contributed by atoms with van der Waals surface area (Å²) < 4.78 is 57.7. The van der Waals surface area contributed by atoms with Crippen LogP contribution in [0.15, 0.2) is 66.7 Å². The monoisotopic (exact) mass is 612 g/mol. The van der Waals surface area contributed by atoms with E-state index in [0.717, 1.165) is 16.5 Å². The number of fused-ring (bicyclic) bond motifs is 1. The van der Waals surface area contributed by atoms with E-state index < -0.39 is 35.4 Å². The minimum atomic E-state index is -4.54. The number of nitrogens with zero attached hydrogens (tertiary/aromatic N) is 2. The molecule has 44 heavy (non-hydrogen) atoms. The van der Waals surface area contributed by atoms with E-state index in [9.17, 15) is 27.6 Å². The van der Waals surface area contributed by atoms with Crippen molar-refractivity contribution in [2.45, 2.75) is 58.0 Å². The lowest BCUT2D eigenvalue weighted by Crippen LogP contribution is -2.48. The molecule has 1 heterocycles. The van der Waals surface area contributed by atoms with Crippen LogP contribution in [0.25, 0.3) is 11.1 Å². The Morgan fingerprint density at radius 2 is 1.68 bits per heavy atom. The highest BCUT2D eigenvalue weighted by Gasteiger charge is 2.36. The Balaban J connectivity index is 1.45. The first kappa shape index (κ1) is 32.4. The van der Waals surface area contributed by atoms with Crippen molar-refractivity contribution < 1.29 is 41.8 Å². The number of carbonyl (C=O) groups excluding carboxylic acids is 3. The lowest BCUT2D eigenvalue weighted by molar-refractivity contribution is -0.148. The Bertz CT molecular complexity index is 1520. The summed E-state index contributed by atoms with van der Waals surface area (Å²) in [5.74, 6) is -0.697. The normalized spacial score (nSPS) is 13.6. The van der Waals surface area contributed by atoms with Gasteiger partial charge in [0.1, 0.15) is 24.0 Å². The first-order valence-electron chi connectivity index (χ1n) is 14.0. The number of rotatable bonds is 8. The quantitative estimate of drug-likeness (QED) is 0.265. The summed E-state index contributed by atoms with van der Waals surface area (Å²) in [6.45, 7) is 5.33. The van der Waals surface area contributed by atoms with Crippen molar-refractivity contribution in [1.29, 1.82) is 0 Å². The highest BCUT2D eigenvalue weighted by atomic mass is 19.4. The van der Waals surface area contributed by atoms with E-state index in [1.165, 1.54) is 25.1 Å². The van der Waals surface area contributed by atoms with Crippen LogP contribution in [-0.2, 0) is 38.3 Å². The van der Waals surface area contributed by atoms with Gasteiger partial charge >= 0.3 is 18.2 Å². The van der Waals surface area contributed by atoms with Crippen molar-refractivity contribution in [1.82, 2.24) is 4.90 Å². The van der Waals surface area contributed by atoms with Gasteiger partial charge in [-0.3, -0.25) is 9.69 Å². The maximum atomic E-state index is 13.9. The third kappa shape index (κ3) is 7.69. The number of alkyl halides is 3. The average molecular weight is 613 g/mol. The zero-order chi connectivity index (χ0) is 32.2. The molecule has 0 saturated heterocycles. The van der Waals surface area contributed by atoms with Crippen LogP contribution in [0.2, 0.25) is 0 Å². The van der Waals surface area contributed by atoms with Crippen LogP contribution in [0.5, 0.6) is 5.75 Å². The van der Waals surface area contributed by atoms with Gasteiger partial charge in [-0.15, -0.1) is 0 Å². The number of halogens is 3. The SMILES string of the molecule is COC(=O)[C@@H](CC(=O)N1CCc2cc(OCc3ccc(-c4ccccc4)c(C(F)(F)F)c3)ccc21)N(C)C(=O)OC(C)(C)C. The molecular formula is C33H35F3N2O6. The van der Waals surface area contributed by atoms with E-state index >= 15 is 0 Å². The van der Waals surface area contributed by atoms with Gasteiger partial charge in [-0.05, 0) is 73.7 Å². The van der Waals surface area contributed by atoms with Crippen LogP contribution in [-0.4, -0.2) is 55.2 Å². The summed E-state index contributed by atoms with van der Waals surface area (Å²) in [4.78, 5) is 41.0. The van der Waals surface area contributed by atoms with Gasteiger partial charge in [0, 0.05) is 19.3 Å². The fourth-order valence-electron chi connectivity index (χ4n) is 4.93. The van der Waals surface area contributed by atoms with Crippen molar-refractivity contribution in [3.63, 3.8) is 0 Å². The molecular weight excluding hydrogens is 577 g/mol. The van der Waals surface area contributed by atoms with Crippen molar-refractivity contribution in [2.24, 2.45) is 0 Å². The van der Waals surface area contributed by atoms with E-state index in [2.05, 4.69) is 0 Å².